The first kappa shape index (κ1) is 16.1. The van der Waals surface area contributed by atoms with Gasteiger partial charge >= 0.3 is 0 Å². The fourth-order valence-corrected chi connectivity index (χ4v) is 3.81. The molecule has 2 aromatic carbocycles. The van der Waals surface area contributed by atoms with E-state index in [-0.39, 0.29) is 11.4 Å². The summed E-state index contributed by atoms with van der Waals surface area (Å²) in [5, 5.41) is 12.8. The summed E-state index contributed by atoms with van der Waals surface area (Å²) in [5.74, 6) is 0.258. The number of ether oxygens (including phenoxy) is 1. The molecule has 2 heterocycles. The van der Waals surface area contributed by atoms with E-state index in [4.69, 9.17) is 4.74 Å². The molecule has 1 fully saturated rings. The van der Waals surface area contributed by atoms with Gasteiger partial charge in [-0.15, -0.1) is 0 Å². The zero-order valence-electron chi connectivity index (χ0n) is 14.0. The molecule has 1 spiro atoms. The van der Waals surface area contributed by atoms with Gasteiger partial charge in [-0.1, -0.05) is 35.5 Å². The number of fused-ring (bicyclic) bond motifs is 1. The van der Waals surface area contributed by atoms with Gasteiger partial charge in [-0.05, 0) is 23.8 Å². The third-order valence-corrected chi connectivity index (χ3v) is 5.21. The second-order valence-corrected chi connectivity index (χ2v) is 6.91. The van der Waals surface area contributed by atoms with Crippen molar-refractivity contribution in [3.63, 3.8) is 0 Å². The quantitative estimate of drug-likeness (QED) is 0.668. The fourth-order valence-electron chi connectivity index (χ4n) is 3.81. The third-order valence-electron chi connectivity index (χ3n) is 5.21. The predicted octanol–water partition coefficient (Wildman–Crippen LogP) is 3.82. The molecule has 4 nitrogen and oxygen atoms in total. The van der Waals surface area contributed by atoms with E-state index in [1.807, 2.05) is 6.07 Å². The molecule has 0 aliphatic carbocycles. The average molecular weight is 340 g/mol. The topological polar surface area (TPSA) is 45.1 Å². The highest BCUT2D eigenvalue weighted by Gasteiger charge is 2.42. The molecule has 0 unspecified atom stereocenters. The molecule has 0 amide bonds. The van der Waals surface area contributed by atoms with Crippen molar-refractivity contribution in [2.75, 3.05) is 13.1 Å². The molecule has 0 radical (unpaired) electrons. The molecule has 0 aromatic heterocycles. The Morgan fingerprint density at radius 3 is 2.60 bits per heavy atom. The zero-order valence-corrected chi connectivity index (χ0v) is 14.0. The first-order valence-electron chi connectivity index (χ1n) is 8.64. The van der Waals surface area contributed by atoms with Gasteiger partial charge in [0.25, 0.3) is 0 Å². The van der Waals surface area contributed by atoms with Crippen molar-refractivity contribution in [3.05, 3.63) is 65.5 Å². The Morgan fingerprint density at radius 1 is 1.12 bits per heavy atom. The largest absolute Gasteiger partial charge is 0.486 e. The van der Waals surface area contributed by atoms with Crippen molar-refractivity contribution in [2.45, 2.75) is 31.4 Å². The lowest BCUT2D eigenvalue weighted by Gasteiger charge is -2.44. The fraction of sp³-hybridized carbons (Fsp3) is 0.350. The van der Waals surface area contributed by atoms with Gasteiger partial charge in [0.05, 0.1) is 5.71 Å². The van der Waals surface area contributed by atoms with Crippen LogP contribution in [0.5, 0.6) is 5.75 Å². The molecule has 130 valence electrons. The Bertz CT molecular complexity index is 784. The van der Waals surface area contributed by atoms with Crippen LogP contribution >= 0.6 is 0 Å². The van der Waals surface area contributed by atoms with E-state index in [1.165, 1.54) is 17.7 Å². The average Bonchev–Trinajstić information content (AvgIpc) is 2.64. The molecule has 1 N–H and O–H groups in total. The summed E-state index contributed by atoms with van der Waals surface area (Å²) in [5.41, 5.74) is 2.01. The summed E-state index contributed by atoms with van der Waals surface area (Å²) in [4.78, 5) is 2.42. The summed E-state index contributed by atoms with van der Waals surface area (Å²) < 4.78 is 19.8. The standard InChI is InChI=1S/C20H21FN2O2/c21-16-6-7-19-17(12-16)18(22-24)13-20(25-19)8-10-23(11-9-20)14-15-4-2-1-3-5-15/h1-7,12,24H,8-11,13-14H2/b22-18-. The van der Waals surface area contributed by atoms with E-state index in [0.29, 0.717) is 23.4 Å². The molecule has 2 aliphatic rings. The van der Waals surface area contributed by atoms with Gasteiger partial charge in [0.1, 0.15) is 17.2 Å². The molecular formula is C20H21FN2O2. The Hall–Kier alpha value is -2.40. The maximum atomic E-state index is 13.5. The highest BCUT2D eigenvalue weighted by Crippen LogP contribution is 2.40. The molecule has 0 atom stereocenters. The molecule has 0 bridgehead atoms. The van der Waals surface area contributed by atoms with Crippen molar-refractivity contribution in [3.8, 4) is 5.75 Å². The number of benzene rings is 2. The van der Waals surface area contributed by atoms with Gasteiger partial charge in [-0.25, -0.2) is 4.39 Å². The molecule has 25 heavy (non-hydrogen) atoms. The van der Waals surface area contributed by atoms with Gasteiger partial charge in [0.15, 0.2) is 0 Å². The number of likely N-dealkylation sites (tertiary alicyclic amines) is 1. The van der Waals surface area contributed by atoms with Crippen molar-refractivity contribution < 1.29 is 14.3 Å². The van der Waals surface area contributed by atoms with E-state index in [2.05, 4.69) is 34.3 Å². The Kier molecular flexibility index (Phi) is 4.17. The molecule has 4 rings (SSSR count). The maximum Gasteiger partial charge on any atom is 0.129 e. The monoisotopic (exact) mass is 340 g/mol. The number of rotatable bonds is 2. The van der Waals surface area contributed by atoms with Crippen LogP contribution in [-0.4, -0.2) is 34.5 Å². The highest BCUT2D eigenvalue weighted by atomic mass is 19.1. The maximum absolute atomic E-state index is 13.5. The van der Waals surface area contributed by atoms with E-state index >= 15 is 0 Å². The number of hydrogen-bond acceptors (Lipinski definition) is 4. The number of piperidine rings is 1. The van der Waals surface area contributed by atoms with Crippen molar-refractivity contribution >= 4 is 5.71 Å². The lowest BCUT2D eigenvalue weighted by atomic mass is 9.82. The number of nitrogens with zero attached hydrogens (tertiary/aromatic N) is 2. The summed E-state index contributed by atoms with van der Waals surface area (Å²) in [6, 6.07) is 14.8. The molecule has 1 saturated heterocycles. The first-order valence-corrected chi connectivity index (χ1v) is 8.64. The van der Waals surface area contributed by atoms with Crippen molar-refractivity contribution in [1.82, 2.24) is 4.90 Å². The molecular weight excluding hydrogens is 319 g/mol. The van der Waals surface area contributed by atoms with Crippen LogP contribution in [0.2, 0.25) is 0 Å². The lowest BCUT2D eigenvalue weighted by Crippen LogP contribution is -2.50. The second-order valence-electron chi connectivity index (χ2n) is 6.91. The first-order chi connectivity index (χ1) is 12.2. The summed E-state index contributed by atoms with van der Waals surface area (Å²) >= 11 is 0. The molecule has 0 saturated carbocycles. The summed E-state index contributed by atoms with van der Waals surface area (Å²) in [7, 11) is 0. The summed E-state index contributed by atoms with van der Waals surface area (Å²) in [6.07, 6.45) is 2.23. The Balaban J connectivity index is 1.48. The van der Waals surface area contributed by atoms with Crippen LogP contribution in [0.15, 0.2) is 53.7 Å². The van der Waals surface area contributed by atoms with Crippen LogP contribution in [0.3, 0.4) is 0 Å². The number of oxime groups is 1. The predicted molar refractivity (Wildman–Crippen MR) is 93.7 cm³/mol. The van der Waals surface area contributed by atoms with Crippen LogP contribution in [0.25, 0.3) is 0 Å². The van der Waals surface area contributed by atoms with Crippen LogP contribution in [0, 0.1) is 5.82 Å². The minimum atomic E-state index is -0.362. The number of hydrogen-bond donors (Lipinski definition) is 1. The van der Waals surface area contributed by atoms with Crippen LogP contribution < -0.4 is 4.74 Å². The molecule has 2 aromatic rings. The van der Waals surface area contributed by atoms with Gasteiger partial charge in [-0.3, -0.25) is 4.90 Å². The van der Waals surface area contributed by atoms with Crippen LogP contribution in [0.4, 0.5) is 4.39 Å². The SMILES string of the molecule is O/N=C1/CC2(CCN(Cc3ccccc3)CC2)Oc2ccc(F)cc21. The Labute approximate surface area is 146 Å². The van der Waals surface area contributed by atoms with Crippen LogP contribution in [0.1, 0.15) is 30.4 Å². The van der Waals surface area contributed by atoms with E-state index in [0.717, 1.165) is 32.5 Å². The van der Waals surface area contributed by atoms with Crippen molar-refractivity contribution in [2.24, 2.45) is 5.16 Å². The minimum Gasteiger partial charge on any atom is -0.486 e. The number of halogens is 1. The van der Waals surface area contributed by atoms with E-state index < -0.39 is 0 Å². The normalized spacial score (nSPS) is 21.1. The van der Waals surface area contributed by atoms with Crippen LogP contribution in [-0.2, 0) is 6.54 Å². The van der Waals surface area contributed by atoms with Gasteiger partial charge in [0, 0.05) is 44.5 Å². The molecule has 2 aliphatic heterocycles. The van der Waals surface area contributed by atoms with E-state index in [1.54, 1.807) is 6.07 Å². The summed E-state index contributed by atoms with van der Waals surface area (Å²) in [6.45, 7) is 2.77. The smallest absolute Gasteiger partial charge is 0.129 e. The minimum absolute atomic E-state index is 0.350. The van der Waals surface area contributed by atoms with Gasteiger partial charge in [-0.2, -0.15) is 0 Å². The van der Waals surface area contributed by atoms with Gasteiger partial charge in [0.2, 0.25) is 0 Å². The molecule has 5 heteroatoms. The van der Waals surface area contributed by atoms with Crippen molar-refractivity contribution in [1.29, 1.82) is 0 Å². The lowest BCUT2D eigenvalue weighted by molar-refractivity contribution is 0.000354. The van der Waals surface area contributed by atoms with Gasteiger partial charge < -0.3 is 9.94 Å². The van der Waals surface area contributed by atoms with E-state index in [9.17, 15) is 9.60 Å². The third kappa shape index (κ3) is 3.24. The highest BCUT2D eigenvalue weighted by molar-refractivity contribution is 6.04. The zero-order chi connectivity index (χ0) is 17.3. The second kappa shape index (κ2) is 6.48. The Morgan fingerprint density at radius 2 is 1.88 bits per heavy atom.